The average molecular weight is 353 g/mol. The monoisotopic (exact) mass is 353 g/mol. The molecule has 0 saturated carbocycles. The van der Waals surface area contributed by atoms with Crippen molar-refractivity contribution in [2.75, 3.05) is 25.4 Å². The number of para-hydroxylation sites is 1. The van der Waals surface area contributed by atoms with Gasteiger partial charge in [0.05, 0.1) is 6.04 Å². The Morgan fingerprint density at radius 2 is 2.08 bits per heavy atom. The molecule has 0 spiro atoms. The van der Waals surface area contributed by atoms with Crippen molar-refractivity contribution < 1.29 is 9.53 Å². The van der Waals surface area contributed by atoms with Crippen LogP contribution in [0.3, 0.4) is 0 Å². The fraction of sp³-hybridized carbons (Fsp3) is 0.294. The van der Waals surface area contributed by atoms with Crippen molar-refractivity contribution in [2.45, 2.75) is 13.0 Å². The molecule has 9 nitrogen and oxygen atoms in total. The summed E-state index contributed by atoms with van der Waals surface area (Å²) in [6.07, 6.45) is 1.41. The van der Waals surface area contributed by atoms with E-state index in [1.54, 1.807) is 9.58 Å². The van der Waals surface area contributed by atoms with Crippen molar-refractivity contribution in [1.29, 1.82) is 0 Å². The lowest BCUT2D eigenvalue weighted by Crippen LogP contribution is -2.54. The lowest BCUT2D eigenvalue weighted by atomic mass is 10.1. The van der Waals surface area contributed by atoms with Gasteiger partial charge < -0.3 is 20.7 Å². The summed E-state index contributed by atoms with van der Waals surface area (Å²) in [6.45, 7) is 3.60. The predicted molar refractivity (Wildman–Crippen MR) is 95.9 cm³/mol. The Balaban J connectivity index is 1.64. The molecule has 134 valence electrons. The SMILES string of the molecule is CCNC(=O)N1CC(n2nc(Oc3ccccc3)c3c(N)ncnc32)C1. The number of urea groups is 1. The fourth-order valence-corrected chi connectivity index (χ4v) is 2.93. The van der Waals surface area contributed by atoms with Crippen LogP contribution in [0.2, 0.25) is 0 Å². The summed E-state index contributed by atoms with van der Waals surface area (Å²) < 4.78 is 7.67. The second kappa shape index (κ2) is 6.51. The third kappa shape index (κ3) is 2.77. The molecule has 1 fully saturated rings. The van der Waals surface area contributed by atoms with Crippen LogP contribution in [-0.2, 0) is 0 Å². The maximum absolute atomic E-state index is 11.9. The molecule has 2 amide bonds. The van der Waals surface area contributed by atoms with Gasteiger partial charge in [-0.25, -0.2) is 19.4 Å². The number of nitrogen functional groups attached to an aromatic ring is 1. The Hall–Kier alpha value is -3.36. The van der Waals surface area contributed by atoms with E-state index in [1.165, 1.54) is 6.33 Å². The normalized spacial score (nSPS) is 14.3. The Morgan fingerprint density at radius 3 is 2.81 bits per heavy atom. The molecule has 3 heterocycles. The van der Waals surface area contributed by atoms with Crippen molar-refractivity contribution in [3.05, 3.63) is 36.7 Å². The molecular weight excluding hydrogens is 334 g/mol. The number of anilines is 1. The van der Waals surface area contributed by atoms with E-state index in [9.17, 15) is 4.79 Å². The van der Waals surface area contributed by atoms with Crippen LogP contribution in [0, 0.1) is 0 Å². The second-order valence-corrected chi connectivity index (χ2v) is 6.02. The molecule has 9 heteroatoms. The summed E-state index contributed by atoms with van der Waals surface area (Å²) in [5, 5.41) is 7.93. The number of carbonyl (C=O) groups is 1. The summed E-state index contributed by atoms with van der Waals surface area (Å²) in [5.74, 6) is 1.33. The van der Waals surface area contributed by atoms with Crippen LogP contribution in [0.5, 0.6) is 11.6 Å². The number of amides is 2. The topological polar surface area (TPSA) is 111 Å². The highest BCUT2D eigenvalue weighted by atomic mass is 16.5. The van der Waals surface area contributed by atoms with Crippen molar-refractivity contribution in [3.63, 3.8) is 0 Å². The number of benzene rings is 1. The van der Waals surface area contributed by atoms with Crippen LogP contribution in [0.25, 0.3) is 11.0 Å². The number of aromatic nitrogens is 4. The molecule has 0 bridgehead atoms. The number of carbonyl (C=O) groups excluding carboxylic acids is 1. The number of fused-ring (bicyclic) bond motifs is 1. The molecule has 0 aliphatic carbocycles. The van der Waals surface area contributed by atoms with Crippen molar-refractivity contribution in [2.24, 2.45) is 0 Å². The molecule has 3 aromatic rings. The number of rotatable bonds is 4. The summed E-state index contributed by atoms with van der Waals surface area (Å²) in [5.41, 5.74) is 6.64. The van der Waals surface area contributed by atoms with Gasteiger partial charge in [-0.2, -0.15) is 0 Å². The van der Waals surface area contributed by atoms with Gasteiger partial charge in [-0.15, -0.1) is 5.10 Å². The Bertz CT molecular complexity index is 935. The van der Waals surface area contributed by atoms with E-state index in [4.69, 9.17) is 10.5 Å². The van der Waals surface area contributed by atoms with E-state index in [0.29, 0.717) is 48.1 Å². The minimum absolute atomic E-state index is 0.0162. The first-order valence-corrected chi connectivity index (χ1v) is 8.41. The van der Waals surface area contributed by atoms with Gasteiger partial charge in [-0.1, -0.05) is 18.2 Å². The minimum Gasteiger partial charge on any atom is -0.437 e. The van der Waals surface area contributed by atoms with Gasteiger partial charge in [0.2, 0.25) is 0 Å². The minimum atomic E-state index is -0.0740. The highest BCUT2D eigenvalue weighted by Gasteiger charge is 2.34. The Labute approximate surface area is 149 Å². The quantitative estimate of drug-likeness (QED) is 0.740. The molecule has 26 heavy (non-hydrogen) atoms. The van der Waals surface area contributed by atoms with E-state index in [1.807, 2.05) is 37.3 Å². The lowest BCUT2D eigenvalue weighted by Gasteiger charge is -2.38. The summed E-state index contributed by atoms with van der Waals surface area (Å²) >= 11 is 0. The van der Waals surface area contributed by atoms with E-state index >= 15 is 0 Å². The van der Waals surface area contributed by atoms with Crippen LogP contribution in [0.4, 0.5) is 10.6 Å². The zero-order valence-electron chi connectivity index (χ0n) is 14.3. The van der Waals surface area contributed by atoms with Gasteiger partial charge >= 0.3 is 6.03 Å². The molecule has 0 radical (unpaired) electrons. The van der Waals surface area contributed by atoms with E-state index in [-0.39, 0.29) is 12.1 Å². The molecule has 0 unspecified atom stereocenters. The first-order chi connectivity index (χ1) is 12.7. The summed E-state index contributed by atoms with van der Waals surface area (Å²) in [7, 11) is 0. The lowest BCUT2D eigenvalue weighted by molar-refractivity contribution is 0.120. The Kier molecular flexibility index (Phi) is 4.04. The zero-order valence-corrected chi connectivity index (χ0v) is 14.3. The maximum atomic E-state index is 11.9. The number of likely N-dealkylation sites (tertiary alicyclic amines) is 1. The van der Waals surface area contributed by atoms with Crippen molar-refractivity contribution in [3.8, 4) is 11.6 Å². The first-order valence-electron chi connectivity index (χ1n) is 8.41. The third-order valence-electron chi connectivity index (χ3n) is 4.27. The van der Waals surface area contributed by atoms with Gasteiger partial charge in [-0.05, 0) is 19.1 Å². The number of nitrogens with one attached hydrogen (secondary N) is 1. The molecule has 1 aliphatic heterocycles. The van der Waals surface area contributed by atoms with E-state index in [0.717, 1.165) is 0 Å². The highest BCUT2D eigenvalue weighted by Crippen LogP contribution is 2.34. The average Bonchev–Trinajstić information content (AvgIpc) is 2.94. The van der Waals surface area contributed by atoms with Crippen LogP contribution in [0.1, 0.15) is 13.0 Å². The molecule has 3 N–H and O–H groups in total. The number of hydrogen-bond acceptors (Lipinski definition) is 6. The zero-order chi connectivity index (χ0) is 18.1. The molecule has 1 aromatic carbocycles. The summed E-state index contributed by atoms with van der Waals surface area (Å²) in [6, 6.07) is 9.29. The number of hydrogen-bond donors (Lipinski definition) is 2. The van der Waals surface area contributed by atoms with Gasteiger partial charge in [0.15, 0.2) is 5.65 Å². The maximum Gasteiger partial charge on any atom is 0.317 e. The van der Waals surface area contributed by atoms with E-state index < -0.39 is 0 Å². The number of nitrogens with two attached hydrogens (primary N) is 1. The summed E-state index contributed by atoms with van der Waals surface area (Å²) in [4.78, 5) is 22.0. The van der Waals surface area contributed by atoms with Crippen molar-refractivity contribution in [1.82, 2.24) is 30.0 Å². The third-order valence-corrected chi connectivity index (χ3v) is 4.27. The standard InChI is InChI=1S/C17H19N7O2/c1-2-19-17(25)23-8-11(9-23)24-15-13(14(18)20-10-21-15)16(22-24)26-12-6-4-3-5-7-12/h3-7,10-11H,2,8-9H2,1H3,(H,19,25)(H2,18,20,21). The van der Waals surface area contributed by atoms with Gasteiger partial charge in [0, 0.05) is 19.6 Å². The molecule has 2 aromatic heterocycles. The first kappa shape index (κ1) is 16.1. The highest BCUT2D eigenvalue weighted by molar-refractivity contribution is 5.91. The van der Waals surface area contributed by atoms with Crippen LogP contribution in [-0.4, -0.2) is 50.3 Å². The van der Waals surface area contributed by atoms with Gasteiger partial charge in [0.25, 0.3) is 5.88 Å². The van der Waals surface area contributed by atoms with Crippen LogP contribution in [0.15, 0.2) is 36.7 Å². The van der Waals surface area contributed by atoms with Gasteiger partial charge in [0.1, 0.15) is 23.3 Å². The van der Waals surface area contributed by atoms with Gasteiger partial charge in [-0.3, -0.25) is 0 Å². The second-order valence-electron chi connectivity index (χ2n) is 6.02. The molecular formula is C17H19N7O2. The van der Waals surface area contributed by atoms with Crippen LogP contribution < -0.4 is 15.8 Å². The fourth-order valence-electron chi connectivity index (χ4n) is 2.93. The molecule has 4 rings (SSSR count). The van der Waals surface area contributed by atoms with Crippen LogP contribution >= 0.6 is 0 Å². The smallest absolute Gasteiger partial charge is 0.317 e. The predicted octanol–water partition coefficient (Wildman–Crippen LogP) is 1.79. The van der Waals surface area contributed by atoms with E-state index in [2.05, 4.69) is 20.4 Å². The molecule has 0 atom stereocenters. The van der Waals surface area contributed by atoms with Crippen molar-refractivity contribution >= 4 is 22.9 Å². The number of nitrogens with zero attached hydrogens (tertiary/aromatic N) is 5. The molecule has 1 aliphatic rings. The Morgan fingerprint density at radius 1 is 1.31 bits per heavy atom. The number of ether oxygens (including phenoxy) is 1. The molecule has 1 saturated heterocycles. The largest absolute Gasteiger partial charge is 0.437 e.